The summed E-state index contributed by atoms with van der Waals surface area (Å²) in [5.74, 6) is 0.481. The molecule has 0 radical (unpaired) electrons. The molecule has 1 unspecified atom stereocenters. The molecule has 0 aliphatic heterocycles. The van der Waals surface area contributed by atoms with Gasteiger partial charge in [-0.15, -0.1) is 0 Å². The molecule has 0 aliphatic rings. The predicted molar refractivity (Wildman–Crippen MR) is 58.6 cm³/mol. The van der Waals surface area contributed by atoms with E-state index in [2.05, 4.69) is 0 Å². The minimum Gasteiger partial charge on any atom is -0.489 e. The number of halogens is 1. The SMILES string of the molecule is CCC(O)COc1ccc(C=O)cc1Cl. The molecule has 0 bridgehead atoms. The van der Waals surface area contributed by atoms with Crippen molar-refractivity contribution >= 4 is 17.9 Å². The van der Waals surface area contributed by atoms with E-state index in [1.165, 1.54) is 6.07 Å². The number of ether oxygens (including phenoxy) is 1. The van der Waals surface area contributed by atoms with Crippen molar-refractivity contribution in [3.05, 3.63) is 28.8 Å². The molecule has 1 N–H and O–H groups in total. The normalized spacial score (nSPS) is 12.2. The van der Waals surface area contributed by atoms with E-state index >= 15 is 0 Å². The molecule has 0 saturated heterocycles. The van der Waals surface area contributed by atoms with E-state index in [1.54, 1.807) is 12.1 Å². The van der Waals surface area contributed by atoms with Crippen molar-refractivity contribution in [1.82, 2.24) is 0 Å². The van der Waals surface area contributed by atoms with Crippen LogP contribution in [0.5, 0.6) is 5.75 Å². The average Bonchev–Trinajstić information content (AvgIpc) is 2.26. The lowest BCUT2D eigenvalue weighted by Gasteiger charge is -2.11. The fraction of sp³-hybridized carbons (Fsp3) is 0.364. The summed E-state index contributed by atoms with van der Waals surface area (Å²) in [5, 5.41) is 9.66. The van der Waals surface area contributed by atoms with Crippen LogP contribution in [0.15, 0.2) is 18.2 Å². The van der Waals surface area contributed by atoms with Crippen LogP contribution >= 0.6 is 11.6 Å². The van der Waals surface area contributed by atoms with Crippen molar-refractivity contribution in [3.8, 4) is 5.75 Å². The van der Waals surface area contributed by atoms with Gasteiger partial charge in [0.15, 0.2) is 0 Å². The van der Waals surface area contributed by atoms with Crippen molar-refractivity contribution < 1.29 is 14.6 Å². The lowest BCUT2D eigenvalue weighted by atomic mass is 10.2. The monoisotopic (exact) mass is 228 g/mol. The van der Waals surface area contributed by atoms with Gasteiger partial charge in [-0.05, 0) is 24.6 Å². The smallest absolute Gasteiger partial charge is 0.150 e. The molecule has 0 saturated carbocycles. The standard InChI is InChI=1S/C11H13ClO3/c1-2-9(14)7-15-11-4-3-8(6-13)5-10(11)12/h3-6,9,14H,2,7H2,1H3. The highest BCUT2D eigenvalue weighted by Gasteiger charge is 2.05. The van der Waals surface area contributed by atoms with Gasteiger partial charge in [0.2, 0.25) is 0 Å². The van der Waals surface area contributed by atoms with E-state index in [1.807, 2.05) is 6.92 Å². The van der Waals surface area contributed by atoms with Crippen LogP contribution < -0.4 is 4.74 Å². The van der Waals surface area contributed by atoms with Gasteiger partial charge in [-0.1, -0.05) is 18.5 Å². The Labute approximate surface area is 93.6 Å². The quantitative estimate of drug-likeness (QED) is 0.787. The molecule has 4 heteroatoms. The average molecular weight is 229 g/mol. The third-order valence-electron chi connectivity index (χ3n) is 1.99. The second-order valence-corrected chi connectivity index (χ2v) is 3.59. The molecular formula is C11H13ClO3. The number of benzene rings is 1. The molecule has 0 aliphatic carbocycles. The summed E-state index contributed by atoms with van der Waals surface area (Å²) < 4.78 is 5.29. The maximum atomic E-state index is 10.4. The molecule has 0 aromatic heterocycles. The Morgan fingerprint density at radius 3 is 2.87 bits per heavy atom. The Hall–Kier alpha value is -1.06. The molecule has 82 valence electrons. The Balaban J connectivity index is 2.65. The van der Waals surface area contributed by atoms with Gasteiger partial charge in [0.25, 0.3) is 0 Å². The third kappa shape index (κ3) is 3.53. The van der Waals surface area contributed by atoms with E-state index in [4.69, 9.17) is 16.3 Å². The largest absolute Gasteiger partial charge is 0.489 e. The summed E-state index contributed by atoms with van der Waals surface area (Å²) in [6.45, 7) is 2.07. The van der Waals surface area contributed by atoms with Gasteiger partial charge in [-0.3, -0.25) is 4.79 Å². The molecule has 1 aromatic carbocycles. The van der Waals surface area contributed by atoms with E-state index < -0.39 is 6.10 Å². The van der Waals surface area contributed by atoms with E-state index in [9.17, 15) is 9.90 Å². The topological polar surface area (TPSA) is 46.5 Å². The summed E-state index contributed by atoms with van der Waals surface area (Å²) in [5.41, 5.74) is 0.503. The van der Waals surface area contributed by atoms with Crippen LogP contribution in [0.25, 0.3) is 0 Å². The maximum Gasteiger partial charge on any atom is 0.150 e. The van der Waals surface area contributed by atoms with Gasteiger partial charge in [-0.25, -0.2) is 0 Å². The predicted octanol–water partition coefficient (Wildman–Crippen LogP) is 2.30. The van der Waals surface area contributed by atoms with Gasteiger partial charge < -0.3 is 9.84 Å². The van der Waals surface area contributed by atoms with E-state index in [-0.39, 0.29) is 6.61 Å². The number of carbonyl (C=O) groups excluding carboxylic acids is 1. The summed E-state index contributed by atoms with van der Waals surface area (Å²) in [4.78, 5) is 10.4. The number of hydrogen-bond donors (Lipinski definition) is 1. The first-order valence-corrected chi connectivity index (χ1v) is 5.10. The first-order chi connectivity index (χ1) is 7.17. The van der Waals surface area contributed by atoms with Crippen molar-refractivity contribution in [2.75, 3.05) is 6.61 Å². The highest BCUT2D eigenvalue weighted by atomic mass is 35.5. The van der Waals surface area contributed by atoms with Crippen LogP contribution in [0.1, 0.15) is 23.7 Å². The number of rotatable bonds is 5. The molecule has 1 aromatic rings. The fourth-order valence-electron chi connectivity index (χ4n) is 1.01. The lowest BCUT2D eigenvalue weighted by molar-refractivity contribution is 0.104. The van der Waals surface area contributed by atoms with Crippen molar-refractivity contribution in [2.45, 2.75) is 19.4 Å². The van der Waals surface area contributed by atoms with Crippen LogP contribution in [0.3, 0.4) is 0 Å². The highest BCUT2D eigenvalue weighted by molar-refractivity contribution is 6.32. The van der Waals surface area contributed by atoms with Gasteiger partial charge in [-0.2, -0.15) is 0 Å². The molecule has 0 heterocycles. The first-order valence-electron chi connectivity index (χ1n) is 4.73. The molecule has 1 atom stereocenters. The molecule has 0 amide bonds. The third-order valence-corrected chi connectivity index (χ3v) is 2.29. The number of carbonyl (C=O) groups is 1. The van der Waals surface area contributed by atoms with Crippen LogP contribution in [0, 0.1) is 0 Å². The van der Waals surface area contributed by atoms with Crippen molar-refractivity contribution in [1.29, 1.82) is 0 Å². The summed E-state index contributed by atoms with van der Waals surface area (Å²) in [6, 6.07) is 4.77. The van der Waals surface area contributed by atoms with Crippen LogP contribution in [-0.4, -0.2) is 24.1 Å². The second kappa shape index (κ2) is 5.73. The number of aliphatic hydroxyl groups is 1. The van der Waals surface area contributed by atoms with Crippen LogP contribution in [-0.2, 0) is 0 Å². The molecule has 3 nitrogen and oxygen atoms in total. The molecule has 15 heavy (non-hydrogen) atoms. The lowest BCUT2D eigenvalue weighted by Crippen LogP contribution is -2.16. The molecular weight excluding hydrogens is 216 g/mol. The Morgan fingerprint density at radius 1 is 1.60 bits per heavy atom. The summed E-state index contributed by atoms with van der Waals surface area (Å²) in [7, 11) is 0. The van der Waals surface area contributed by atoms with E-state index in [0.717, 1.165) is 6.29 Å². The van der Waals surface area contributed by atoms with Crippen molar-refractivity contribution in [2.24, 2.45) is 0 Å². The number of aldehydes is 1. The Kier molecular flexibility index (Phi) is 4.59. The maximum absolute atomic E-state index is 10.4. The van der Waals surface area contributed by atoms with Crippen LogP contribution in [0.4, 0.5) is 0 Å². The van der Waals surface area contributed by atoms with E-state index in [0.29, 0.717) is 22.8 Å². The molecule has 0 spiro atoms. The van der Waals surface area contributed by atoms with Gasteiger partial charge in [0, 0.05) is 5.56 Å². The van der Waals surface area contributed by atoms with Gasteiger partial charge in [0.05, 0.1) is 11.1 Å². The molecule has 1 rings (SSSR count). The van der Waals surface area contributed by atoms with Crippen molar-refractivity contribution in [3.63, 3.8) is 0 Å². The fourth-order valence-corrected chi connectivity index (χ4v) is 1.25. The Bertz CT molecular complexity index is 339. The minimum absolute atomic E-state index is 0.205. The first kappa shape index (κ1) is 12.0. The number of hydrogen-bond acceptors (Lipinski definition) is 3. The number of aliphatic hydroxyl groups excluding tert-OH is 1. The summed E-state index contributed by atoms with van der Waals surface area (Å²) >= 11 is 5.87. The van der Waals surface area contributed by atoms with Crippen LogP contribution in [0.2, 0.25) is 5.02 Å². The molecule has 0 fully saturated rings. The summed E-state index contributed by atoms with van der Waals surface area (Å²) in [6.07, 6.45) is 0.854. The highest BCUT2D eigenvalue weighted by Crippen LogP contribution is 2.25. The zero-order valence-corrected chi connectivity index (χ0v) is 9.20. The van der Waals surface area contributed by atoms with Gasteiger partial charge >= 0.3 is 0 Å². The zero-order valence-electron chi connectivity index (χ0n) is 8.44. The minimum atomic E-state index is -0.494. The zero-order chi connectivity index (χ0) is 11.3. The van der Waals surface area contributed by atoms with Gasteiger partial charge in [0.1, 0.15) is 18.6 Å². The second-order valence-electron chi connectivity index (χ2n) is 3.18. The Morgan fingerprint density at radius 2 is 2.33 bits per heavy atom.